The SMILES string of the molecule is Fc1[c]c2c(c(F)c1F)-c1c(cc(F)c(F)c1F)C2. The zero-order valence-corrected chi connectivity index (χ0v) is 9.05. The van der Waals surface area contributed by atoms with Gasteiger partial charge in [0.05, 0.1) is 0 Å². The van der Waals surface area contributed by atoms with E-state index in [4.69, 9.17) is 0 Å². The van der Waals surface area contributed by atoms with E-state index in [1.807, 2.05) is 6.07 Å². The van der Waals surface area contributed by atoms with Crippen LogP contribution in [0.4, 0.5) is 26.3 Å². The Balaban J connectivity index is 2.40. The van der Waals surface area contributed by atoms with Gasteiger partial charge < -0.3 is 0 Å². The summed E-state index contributed by atoms with van der Waals surface area (Å²) in [7, 11) is 0. The van der Waals surface area contributed by atoms with Crippen molar-refractivity contribution in [1.29, 1.82) is 0 Å². The van der Waals surface area contributed by atoms with Gasteiger partial charge in [-0.2, -0.15) is 0 Å². The van der Waals surface area contributed by atoms with Gasteiger partial charge >= 0.3 is 0 Å². The standard InChI is InChI=1S/C13H3F6/c14-6-2-4-1-5-3-7(15)11(17)13(19)9(5)8(4)12(18)10(6)16/h2H,1H2. The fraction of sp³-hybridized carbons (Fsp3) is 0.0769. The van der Waals surface area contributed by atoms with E-state index in [0.29, 0.717) is 6.07 Å². The third-order valence-electron chi connectivity index (χ3n) is 3.03. The van der Waals surface area contributed by atoms with Gasteiger partial charge in [0.2, 0.25) is 0 Å². The Bertz CT molecular complexity index is 659. The molecule has 0 aromatic heterocycles. The normalized spacial score (nSPS) is 12.5. The minimum Gasteiger partial charge on any atom is -0.204 e. The van der Waals surface area contributed by atoms with Crippen LogP contribution in [0.1, 0.15) is 11.1 Å². The van der Waals surface area contributed by atoms with Crippen molar-refractivity contribution in [3.63, 3.8) is 0 Å². The number of rotatable bonds is 0. The first-order valence-corrected chi connectivity index (χ1v) is 5.17. The van der Waals surface area contributed by atoms with Crippen molar-refractivity contribution < 1.29 is 26.3 Å². The summed E-state index contributed by atoms with van der Waals surface area (Å²) < 4.78 is 79.6. The molecule has 97 valence electrons. The molecule has 19 heavy (non-hydrogen) atoms. The van der Waals surface area contributed by atoms with Gasteiger partial charge in [-0.3, -0.25) is 0 Å². The van der Waals surface area contributed by atoms with Crippen LogP contribution in [0, 0.1) is 41.0 Å². The fourth-order valence-electron chi connectivity index (χ4n) is 2.23. The molecule has 1 aliphatic rings. The quantitative estimate of drug-likeness (QED) is 0.430. The second kappa shape index (κ2) is 3.76. The molecular weight excluding hydrogens is 270 g/mol. The summed E-state index contributed by atoms with van der Waals surface area (Å²) in [4.78, 5) is 0. The molecule has 0 fully saturated rings. The van der Waals surface area contributed by atoms with Gasteiger partial charge in [-0.1, -0.05) is 0 Å². The topological polar surface area (TPSA) is 0 Å². The second-order valence-corrected chi connectivity index (χ2v) is 4.12. The average Bonchev–Trinajstić information content (AvgIpc) is 2.71. The van der Waals surface area contributed by atoms with Crippen molar-refractivity contribution in [3.8, 4) is 11.1 Å². The van der Waals surface area contributed by atoms with Crippen molar-refractivity contribution in [1.82, 2.24) is 0 Å². The Labute approximate surface area is 103 Å². The third-order valence-corrected chi connectivity index (χ3v) is 3.03. The summed E-state index contributed by atoms with van der Waals surface area (Å²) in [6, 6.07) is 2.59. The first kappa shape index (κ1) is 12.1. The smallest absolute Gasteiger partial charge is 0.195 e. The maximum Gasteiger partial charge on any atom is 0.195 e. The second-order valence-electron chi connectivity index (χ2n) is 4.12. The lowest BCUT2D eigenvalue weighted by molar-refractivity contribution is 0.442. The average molecular weight is 273 g/mol. The van der Waals surface area contributed by atoms with Gasteiger partial charge in [-0.05, 0) is 23.6 Å². The van der Waals surface area contributed by atoms with Gasteiger partial charge in [0, 0.05) is 17.2 Å². The Hall–Kier alpha value is -1.98. The summed E-state index contributed by atoms with van der Waals surface area (Å²) in [6.07, 6.45) is -0.243. The first-order valence-electron chi connectivity index (χ1n) is 5.17. The molecule has 0 amide bonds. The van der Waals surface area contributed by atoms with Gasteiger partial charge in [0.15, 0.2) is 34.9 Å². The fourth-order valence-corrected chi connectivity index (χ4v) is 2.23. The molecule has 1 aliphatic carbocycles. The molecule has 0 bridgehead atoms. The van der Waals surface area contributed by atoms with Crippen LogP contribution in [-0.2, 0) is 6.42 Å². The minimum absolute atomic E-state index is 0.0773. The molecule has 0 saturated heterocycles. The third kappa shape index (κ3) is 1.49. The van der Waals surface area contributed by atoms with Gasteiger partial charge in [0.1, 0.15) is 0 Å². The maximum absolute atomic E-state index is 13.6. The first-order chi connectivity index (χ1) is 8.91. The van der Waals surface area contributed by atoms with E-state index in [1.165, 1.54) is 0 Å². The van der Waals surface area contributed by atoms with Crippen LogP contribution in [0.15, 0.2) is 6.07 Å². The summed E-state index contributed by atoms with van der Waals surface area (Å²) in [5, 5.41) is 0. The van der Waals surface area contributed by atoms with Crippen LogP contribution in [0.25, 0.3) is 11.1 Å². The molecule has 1 radical (unpaired) electrons. The lowest BCUT2D eigenvalue weighted by Gasteiger charge is -2.06. The van der Waals surface area contributed by atoms with E-state index in [9.17, 15) is 26.3 Å². The summed E-state index contributed by atoms with van der Waals surface area (Å²) in [5.41, 5.74) is -1.44. The number of benzene rings is 2. The predicted octanol–water partition coefficient (Wildman–Crippen LogP) is 3.89. The zero-order valence-electron chi connectivity index (χ0n) is 9.05. The number of halogens is 6. The van der Waals surface area contributed by atoms with Gasteiger partial charge in [0.25, 0.3) is 0 Å². The molecule has 0 nitrogen and oxygen atoms in total. The molecule has 0 aliphatic heterocycles. The Morgan fingerprint density at radius 3 is 2.11 bits per heavy atom. The van der Waals surface area contributed by atoms with Crippen LogP contribution >= 0.6 is 0 Å². The van der Waals surface area contributed by atoms with Crippen LogP contribution in [0.2, 0.25) is 0 Å². The van der Waals surface area contributed by atoms with Crippen molar-refractivity contribution in [2.24, 2.45) is 0 Å². The van der Waals surface area contributed by atoms with E-state index in [0.717, 1.165) is 0 Å². The molecular formula is C13H3F6. The molecule has 2 aromatic rings. The molecule has 3 rings (SSSR count). The zero-order chi connectivity index (χ0) is 13.9. The van der Waals surface area contributed by atoms with Crippen LogP contribution in [0.3, 0.4) is 0 Å². The highest BCUT2D eigenvalue weighted by Gasteiger charge is 2.32. The van der Waals surface area contributed by atoms with Gasteiger partial charge in [-0.25, -0.2) is 26.3 Å². The highest BCUT2D eigenvalue weighted by atomic mass is 19.2. The lowest BCUT2D eigenvalue weighted by atomic mass is 10.0. The number of hydrogen-bond acceptors (Lipinski definition) is 0. The van der Waals surface area contributed by atoms with Gasteiger partial charge in [-0.15, -0.1) is 0 Å². The highest BCUT2D eigenvalue weighted by molar-refractivity contribution is 5.77. The van der Waals surface area contributed by atoms with E-state index >= 15 is 0 Å². The van der Waals surface area contributed by atoms with Crippen molar-refractivity contribution in [3.05, 3.63) is 58.2 Å². The van der Waals surface area contributed by atoms with E-state index < -0.39 is 46.0 Å². The molecule has 0 saturated carbocycles. The Kier molecular flexibility index (Phi) is 2.39. The van der Waals surface area contributed by atoms with E-state index in [1.54, 1.807) is 0 Å². The number of hydrogen-bond donors (Lipinski definition) is 0. The molecule has 0 atom stereocenters. The maximum atomic E-state index is 13.6. The van der Waals surface area contributed by atoms with Crippen LogP contribution < -0.4 is 0 Å². The predicted molar refractivity (Wildman–Crippen MR) is 53.3 cm³/mol. The summed E-state index contributed by atoms with van der Waals surface area (Å²) >= 11 is 0. The summed E-state index contributed by atoms with van der Waals surface area (Å²) in [5.74, 6) is -9.84. The molecule has 0 heterocycles. The highest BCUT2D eigenvalue weighted by Crippen LogP contribution is 2.42. The largest absolute Gasteiger partial charge is 0.204 e. The van der Waals surface area contributed by atoms with E-state index in [2.05, 4.69) is 0 Å². The molecule has 2 aromatic carbocycles. The lowest BCUT2D eigenvalue weighted by Crippen LogP contribution is -1.99. The van der Waals surface area contributed by atoms with Crippen molar-refractivity contribution in [2.75, 3.05) is 0 Å². The number of fused-ring (bicyclic) bond motifs is 3. The minimum atomic E-state index is -1.82. The van der Waals surface area contributed by atoms with E-state index in [-0.39, 0.29) is 17.5 Å². The molecule has 0 unspecified atom stereocenters. The molecule has 0 spiro atoms. The monoisotopic (exact) mass is 273 g/mol. The van der Waals surface area contributed by atoms with Crippen molar-refractivity contribution in [2.45, 2.75) is 6.42 Å². The van der Waals surface area contributed by atoms with Crippen LogP contribution in [0.5, 0.6) is 0 Å². The van der Waals surface area contributed by atoms with Crippen LogP contribution in [-0.4, -0.2) is 0 Å². The molecule has 6 heteroatoms. The van der Waals surface area contributed by atoms with Crippen molar-refractivity contribution >= 4 is 0 Å². The Morgan fingerprint density at radius 2 is 1.42 bits per heavy atom. The summed E-state index contributed by atoms with van der Waals surface area (Å²) in [6.45, 7) is 0. The molecule has 0 N–H and O–H groups in total. The Morgan fingerprint density at radius 1 is 0.789 bits per heavy atom.